The van der Waals surface area contributed by atoms with Crippen LogP contribution >= 0.6 is 0 Å². The summed E-state index contributed by atoms with van der Waals surface area (Å²) in [6.45, 7) is 3.40. The molecule has 0 atom stereocenters. The Hall–Kier alpha value is -3.74. The van der Waals surface area contributed by atoms with Gasteiger partial charge in [0.25, 0.3) is 11.5 Å². The predicted molar refractivity (Wildman–Crippen MR) is 106 cm³/mol. The maximum atomic E-state index is 12.7. The third kappa shape index (κ3) is 3.98. The number of aryl methyl sites for hydroxylation is 1. The summed E-state index contributed by atoms with van der Waals surface area (Å²) in [6.07, 6.45) is 0. The Kier molecular flexibility index (Phi) is 5.35. The van der Waals surface area contributed by atoms with Gasteiger partial charge in [0.15, 0.2) is 17.2 Å². The smallest absolute Gasteiger partial charge is 0.279 e. The minimum Gasteiger partial charge on any atom is -0.494 e. The molecular weight excluding hydrogens is 358 g/mol. The first-order chi connectivity index (χ1) is 13.4. The summed E-state index contributed by atoms with van der Waals surface area (Å²) < 4.78 is 6.31. The van der Waals surface area contributed by atoms with Crippen LogP contribution in [0.3, 0.4) is 0 Å². The van der Waals surface area contributed by atoms with Crippen LogP contribution in [0.25, 0.3) is 5.69 Å². The lowest BCUT2D eigenvalue weighted by Crippen LogP contribution is -2.26. The quantitative estimate of drug-likeness (QED) is 0.690. The molecule has 0 radical (unpaired) electrons. The normalized spacial score (nSPS) is 10.4. The van der Waals surface area contributed by atoms with Crippen molar-refractivity contribution in [1.82, 2.24) is 9.78 Å². The third-order valence-corrected chi connectivity index (χ3v) is 4.16. The van der Waals surface area contributed by atoms with Crippen LogP contribution in [0.15, 0.2) is 59.4 Å². The highest BCUT2D eigenvalue weighted by molar-refractivity contribution is 6.05. The summed E-state index contributed by atoms with van der Waals surface area (Å²) in [7, 11) is 1.37. The molecule has 0 aliphatic carbocycles. The van der Waals surface area contributed by atoms with Crippen molar-refractivity contribution in [3.63, 3.8) is 0 Å². The molecule has 1 N–H and O–H groups in total. The first-order valence-electron chi connectivity index (χ1n) is 8.57. The van der Waals surface area contributed by atoms with E-state index in [2.05, 4.69) is 10.4 Å². The van der Waals surface area contributed by atoms with Crippen molar-refractivity contribution < 1.29 is 14.3 Å². The molecular formula is C21H19N3O4. The molecule has 7 nitrogen and oxygen atoms in total. The van der Waals surface area contributed by atoms with Crippen molar-refractivity contribution in [2.45, 2.75) is 13.8 Å². The van der Waals surface area contributed by atoms with Crippen LogP contribution < -0.4 is 15.6 Å². The van der Waals surface area contributed by atoms with Crippen LogP contribution in [0.4, 0.5) is 5.69 Å². The molecule has 142 valence electrons. The zero-order chi connectivity index (χ0) is 20.3. The topological polar surface area (TPSA) is 90.3 Å². The number of nitrogens with zero attached hydrogens (tertiary/aromatic N) is 2. The Labute approximate surface area is 161 Å². The van der Waals surface area contributed by atoms with Gasteiger partial charge in [-0.3, -0.25) is 14.4 Å². The second-order valence-electron chi connectivity index (χ2n) is 6.23. The number of hydrogen-bond acceptors (Lipinski definition) is 5. The highest BCUT2D eigenvalue weighted by atomic mass is 16.5. The van der Waals surface area contributed by atoms with Gasteiger partial charge in [-0.2, -0.15) is 9.78 Å². The maximum Gasteiger partial charge on any atom is 0.279 e. The van der Waals surface area contributed by atoms with Gasteiger partial charge in [0.2, 0.25) is 0 Å². The van der Waals surface area contributed by atoms with Crippen LogP contribution in [0.1, 0.15) is 33.3 Å². The number of carbonyl (C=O) groups is 2. The van der Waals surface area contributed by atoms with E-state index in [1.54, 1.807) is 36.4 Å². The minimum absolute atomic E-state index is 0.0293. The molecule has 3 aromatic rings. The third-order valence-electron chi connectivity index (χ3n) is 4.16. The number of ether oxygens (including phenoxy) is 1. The van der Waals surface area contributed by atoms with Gasteiger partial charge in [-0.15, -0.1) is 0 Å². The van der Waals surface area contributed by atoms with Crippen LogP contribution in [0.2, 0.25) is 0 Å². The Morgan fingerprint density at radius 1 is 1.04 bits per heavy atom. The molecule has 0 saturated carbocycles. The monoisotopic (exact) mass is 377 g/mol. The molecule has 1 heterocycles. The number of anilines is 1. The molecule has 0 aliphatic rings. The Morgan fingerprint density at radius 3 is 2.25 bits per heavy atom. The number of rotatable bonds is 5. The minimum atomic E-state index is -0.534. The summed E-state index contributed by atoms with van der Waals surface area (Å²) in [5.74, 6) is -0.522. The molecule has 2 aromatic carbocycles. The second kappa shape index (κ2) is 7.87. The molecule has 1 amide bonds. The molecule has 0 unspecified atom stereocenters. The summed E-state index contributed by atoms with van der Waals surface area (Å²) >= 11 is 0. The van der Waals surface area contributed by atoms with Gasteiger partial charge in [-0.25, -0.2) is 0 Å². The summed E-state index contributed by atoms with van der Waals surface area (Å²) in [5, 5.41) is 6.90. The van der Waals surface area contributed by atoms with E-state index in [9.17, 15) is 14.4 Å². The van der Waals surface area contributed by atoms with Crippen molar-refractivity contribution in [2.24, 2.45) is 0 Å². The summed E-state index contributed by atoms with van der Waals surface area (Å²) in [6, 6.07) is 14.9. The molecule has 3 rings (SSSR count). The van der Waals surface area contributed by atoms with Gasteiger partial charge in [0.1, 0.15) is 0 Å². The van der Waals surface area contributed by atoms with Crippen molar-refractivity contribution in [1.29, 1.82) is 0 Å². The van der Waals surface area contributed by atoms with E-state index in [0.717, 1.165) is 10.2 Å². The first kappa shape index (κ1) is 19.0. The van der Waals surface area contributed by atoms with E-state index in [0.29, 0.717) is 16.9 Å². The molecule has 0 fully saturated rings. The lowest BCUT2D eigenvalue weighted by atomic mass is 10.1. The average Bonchev–Trinajstić information content (AvgIpc) is 2.68. The fraction of sp³-hybridized carbons (Fsp3) is 0.143. The highest BCUT2D eigenvalue weighted by Crippen LogP contribution is 2.17. The SMILES string of the molecule is COc1cc(=O)n(-c2ccc(C)cc2)nc1C(=O)Nc1ccc(C(C)=O)cc1. The maximum absolute atomic E-state index is 12.7. The number of Topliss-reactive ketones (excluding diaryl/α,β-unsaturated/α-hetero) is 1. The van der Waals surface area contributed by atoms with Gasteiger partial charge in [-0.05, 0) is 50.2 Å². The van der Waals surface area contributed by atoms with E-state index in [1.807, 2.05) is 19.1 Å². The molecule has 0 spiro atoms. The first-order valence-corrected chi connectivity index (χ1v) is 8.57. The molecule has 0 aliphatic heterocycles. The van der Waals surface area contributed by atoms with Crippen molar-refractivity contribution >= 4 is 17.4 Å². The highest BCUT2D eigenvalue weighted by Gasteiger charge is 2.18. The van der Waals surface area contributed by atoms with Crippen LogP contribution in [0.5, 0.6) is 5.75 Å². The summed E-state index contributed by atoms with van der Waals surface area (Å²) in [5.41, 5.74) is 2.17. The largest absolute Gasteiger partial charge is 0.494 e. The van der Waals surface area contributed by atoms with Crippen molar-refractivity contribution in [2.75, 3.05) is 12.4 Å². The molecule has 1 aromatic heterocycles. The number of ketones is 1. The lowest BCUT2D eigenvalue weighted by molar-refractivity contribution is 0.101. The molecule has 0 bridgehead atoms. The average molecular weight is 377 g/mol. The predicted octanol–water partition coefficient (Wildman–Crippen LogP) is 3.00. The van der Waals surface area contributed by atoms with E-state index in [1.165, 1.54) is 20.1 Å². The van der Waals surface area contributed by atoms with E-state index in [4.69, 9.17) is 4.74 Å². The fourth-order valence-corrected chi connectivity index (χ4v) is 2.60. The van der Waals surface area contributed by atoms with Gasteiger partial charge >= 0.3 is 0 Å². The zero-order valence-corrected chi connectivity index (χ0v) is 15.7. The fourth-order valence-electron chi connectivity index (χ4n) is 2.60. The number of nitrogens with one attached hydrogen (secondary N) is 1. The lowest BCUT2D eigenvalue weighted by Gasteiger charge is -2.12. The summed E-state index contributed by atoms with van der Waals surface area (Å²) in [4.78, 5) is 36.5. The number of hydrogen-bond donors (Lipinski definition) is 1. The van der Waals surface area contributed by atoms with Crippen LogP contribution in [-0.2, 0) is 0 Å². The van der Waals surface area contributed by atoms with Crippen molar-refractivity contribution in [3.8, 4) is 11.4 Å². The van der Waals surface area contributed by atoms with Gasteiger partial charge < -0.3 is 10.1 Å². The number of aromatic nitrogens is 2. The van der Waals surface area contributed by atoms with Gasteiger partial charge in [-0.1, -0.05) is 17.7 Å². The number of benzene rings is 2. The van der Waals surface area contributed by atoms with Crippen LogP contribution in [0, 0.1) is 6.92 Å². The molecule has 0 saturated heterocycles. The Morgan fingerprint density at radius 2 is 1.68 bits per heavy atom. The number of methoxy groups -OCH3 is 1. The molecule has 7 heteroatoms. The second-order valence-corrected chi connectivity index (χ2v) is 6.23. The molecule has 28 heavy (non-hydrogen) atoms. The number of amides is 1. The van der Waals surface area contributed by atoms with Gasteiger partial charge in [0.05, 0.1) is 18.9 Å². The Bertz CT molecular complexity index is 1080. The number of carbonyl (C=O) groups excluding carboxylic acids is 2. The van der Waals surface area contributed by atoms with Crippen molar-refractivity contribution in [3.05, 3.63) is 81.8 Å². The standard InChI is InChI=1S/C21H19N3O4/c1-13-4-10-17(11-5-13)24-19(26)12-18(28-3)20(23-24)21(27)22-16-8-6-15(7-9-16)14(2)25/h4-12H,1-3H3,(H,22,27). The Balaban J connectivity index is 1.96. The van der Waals surface area contributed by atoms with Crippen LogP contribution in [-0.4, -0.2) is 28.6 Å². The van der Waals surface area contributed by atoms with E-state index < -0.39 is 11.5 Å². The van der Waals surface area contributed by atoms with E-state index >= 15 is 0 Å². The van der Waals surface area contributed by atoms with E-state index in [-0.39, 0.29) is 17.2 Å². The zero-order valence-electron chi connectivity index (χ0n) is 15.7. The van der Waals surface area contributed by atoms with Gasteiger partial charge in [0, 0.05) is 11.3 Å².